The summed E-state index contributed by atoms with van der Waals surface area (Å²) >= 11 is 0. The lowest BCUT2D eigenvalue weighted by Gasteiger charge is -2.01. The number of carbonyl (C=O) groups is 1. The molecule has 3 aromatic rings. The van der Waals surface area contributed by atoms with Gasteiger partial charge in [0.1, 0.15) is 11.2 Å². The Morgan fingerprint density at radius 1 is 1.28 bits per heavy atom. The number of hydrogen-bond donors (Lipinski definition) is 2. The van der Waals surface area contributed by atoms with Crippen LogP contribution in [0, 0.1) is 0 Å². The van der Waals surface area contributed by atoms with Crippen molar-refractivity contribution in [2.24, 2.45) is 0 Å². The maximum Gasteiger partial charge on any atom is 0.336 e. The molecule has 0 aliphatic rings. The predicted molar refractivity (Wildman–Crippen MR) is 64.1 cm³/mol. The summed E-state index contributed by atoms with van der Waals surface area (Å²) in [6.45, 7) is 0. The van der Waals surface area contributed by atoms with Gasteiger partial charge in [-0.05, 0) is 18.2 Å². The summed E-state index contributed by atoms with van der Waals surface area (Å²) in [6.07, 6.45) is 4.56. The highest BCUT2D eigenvalue weighted by atomic mass is 16.4. The predicted octanol–water partition coefficient (Wildman–Crippen LogP) is 1.72. The van der Waals surface area contributed by atoms with E-state index in [1.165, 1.54) is 18.5 Å². The zero-order chi connectivity index (χ0) is 12.5. The Balaban J connectivity index is 2.30. The van der Waals surface area contributed by atoms with Crippen LogP contribution >= 0.6 is 0 Å². The fraction of sp³-hybridized carbons (Fsp3) is 0. The van der Waals surface area contributed by atoms with Crippen molar-refractivity contribution in [2.75, 3.05) is 0 Å². The Kier molecular flexibility index (Phi) is 2.26. The Morgan fingerprint density at radius 3 is 3.00 bits per heavy atom. The number of pyridine rings is 2. The number of H-pyrrole nitrogens is 1. The number of carboxylic acid groups (broad SMARTS) is 1. The lowest BCUT2D eigenvalue weighted by molar-refractivity contribution is 0.0697. The van der Waals surface area contributed by atoms with E-state index < -0.39 is 5.97 Å². The van der Waals surface area contributed by atoms with E-state index >= 15 is 0 Å². The molecular formula is C12H8N4O2. The minimum atomic E-state index is -1.01. The molecule has 18 heavy (non-hydrogen) atoms. The fourth-order valence-electron chi connectivity index (χ4n) is 1.81. The van der Waals surface area contributed by atoms with E-state index in [9.17, 15) is 4.79 Å². The first-order chi connectivity index (χ1) is 8.77. The van der Waals surface area contributed by atoms with Crippen molar-refractivity contribution in [1.82, 2.24) is 20.2 Å². The highest BCUT2D eigenvalue weighted by molar-refractivity contribution is 5.99. The Hall–Kier alpha value is -2.76. The number of aromatic amines is 1. The molecule has 0 bridgehead atoms. The second-order valence-corrected chi connectivity index (χ2v) is 3.70. The van der Waals surface area contributed by atoms with Crippen molar-refractivity contribution in [3.63, 3.8) is 0 Å². The van der Waals surface area contributed by atoms with Crippen molar-refractivity contribution in [1.29, 1.82) is 0 Å². The van der Waals surface area contributed by atoms with Crippen LogP contribution in [0.25, 0.3) is 22.3 Å². The topological polar surface area (TPSA) is 91.8 Å². The van der Waals surface area contributed by atoms with Crippen LogP contribution in [0.15, 0.2) is 36.8 Å². The number of nitrogens with one attached hydrogen (secondary N) is 1. The number of fused-ring (bicyclic) bond motifs is 1. The summed E-state index contributed by atoms with van der Waals surface area (Å²) in [4.78, 5) is 19.3. The van der Waals surface area contributed by atoms with Crippen LogP contribution in [0.2, 0.25) is 0 Å². The highest BCUT2D eigenvalue weighted by Crippen LogP contribution is 2.26. The van der Waals surface area contributed by atoms with Gasteiger partial charge >= 0.3 is 5.97 Å². The van der Waals surface area contributed by atoms with Gasteiger partial charge in [0.2, 0.25) is 0 Å². The van der Waals surface area contributed by atoms with Gasteiger partial charge < -0.3 is 5.11 Å². The molecule has 0 aliphatic carbocycles. The lowest BCUT2D eigenvalue weighted by Crippen LogP contribution is -2.00. The first-order valence-electron chi connectivity index (χ1n) is 5.24. The van der Waals surface area contributed by atoms with Crippen LogP contribution in [-0.4, -0.2) is 31.2 Å². The van der Waals surface area contributed by atoms with Gasteiger partial charge in [0, 0.05) is 24.2 Å². The van der Waals surface area contributed by atoms with E-state index in [0.717, 1.165) is 5.52 Å². The monoisotopic (exact) mass is 240 g/mol. The molecule has 0 spiro atoms. The summed E-state index contributed by atoms with van der Waals surface area (Å²) in [7, 11) is 0. The van der Waals surface area contributed by atoms with Crippen molar-refractivity contribution in [3.8, 4) is 11.3 Å². The Bertz CT molecular complexity index is 736. The summed E-state index contributed by atoms with van der Waals surface area (Å²) in [6, 6.07) is 5.06. The van der Waals surface area contributed by atoms with E-state index in [1.807, 2.05) is 6.07 Å². The molecule has 88 valence electrons. The molecule has 0 amide bonds. The van der Waals surface area contributed by atoms with Gasteiger partial charge in [0.25, 0.3) is 0 Å². The lowest BCUT2D eigenvalue weighted by atomic mass is 10.1. The standard InChI is InChI=1S/C12H8N4O2/c17-12(18)7-3-5-13-6-8(7)10-11-9(15-16-10)2-1-4-14-11/h1-6H,(H,15,16)(H,17,18). The molecule has 0 radical (unpaired) electrons. The Morgan fingerprint density at radius 2 is 2.17 bits per heavy atom. The summed E-state index contributed by atoms with van der Waals surface area (Å²) in [5.74, 6) is -1.01. The summed E-state index contributed by atoms with van der Waals surface area (Å²) in [5, 5.41) is 16.1. The molecule has 0 aromatic carbocycles. The second-order valence-electron chi connectivity index (χ2n) is 3.70. The third-order valence-corrected chi connectivity index (χ3v) is 2.63. The van der Waals surface area contributed by atoms with Gasteiger partial charge in [-0.15, -0.1) is 0 Å². The molecule has 0 saturated heterocycles. The van der Waals surface area contributed by atoms with E-state index in [0.29, 0.717) is 16.8 Å². The maximum atomic E-state index is 11.2. The van der Waals surface area contributed by atoms with Gasteiger partial charge in [-0.3, -0.25) is 15.1 Å². The second kappa shape index (κ2) is 3.92. The minimum absolute atomic E-state index is 0.157. The van der Waals surface area contributed by atoms with Crippen LogP contribution in [0.5, 0.6) is 0 Å². The quantitative estimate of drug-likeness (QED) is 0.711. The number of aromatic nitrogens is 4. The number of aromatic carboxylic acids is 1. The zero-order valence-electron chi connectivity index (χ0n) is 9.16. The van der Waals surface area contributed by atoms with Crippen LogP contribution < -0.4 is 0 Å². The molecule has 3 rings (SSSR count). The average Bonchev–Trinajstić information content (AvgIpc) is 2.82. The SMILES string of the molecule is O=C(O)c1ccncc1-c1n[nH]c2cccnc12. The zero-order valence-corrected chi connectivity index (χ0v) is 9.16. The van der Waals surface area contributed by atoms with E-state index in [4.69, 9.17) is 5.11 Å². The first kappa shape index (κ1) is 10.4. The van der Waals surface area contributed by atoms with Crippen molar-refractivity contribution in [2.45, 2.75) is 0 Å². The normalized spacial score (nSPS) is 10.7. The average molecular weight is 240 g/mol. The van der Waals surface area contributed by atoms with Crippen molar-refractivity contribution >= 4 is 17.0 Å². The largest absolute Gasteiger partial charge is 0.478 e. The molecule has 2 N–H and O–H groups in total. The number of rotatable bonds is 2. The molecule has 3 aromatic heterocycles. The molecule has 0 fully saturated rings. The van der Waals surface area contributed by atoms with Crippen LogP contribution in [-0.2, 0) is 0 Å². The number of hydrogen-bond acceptors (Lipinski definition) is 4. The number of carboxylic acids is 1. The van der Waals surface area contributed by atoms with Gasteiger partial charge in [0.05, 0.1) is 11.1 Å². The van der Waals surface area contributed by atoms with Gasteiger partial charge in [-0.2, -0.15) is 5.10 Å². The summed E-state index contributed by atoms with van der Waals surface area (Å²) in [5.41, 5.74) is 2.50. The molecule has 6 heteroatoms. The number of nitrogens with zero attached hydrogens (tertiary/aromatic N) is 3. The molecule has 0 aliphatic heterocycles. The molecular weight excluding hydrogens is 232 g/mol. The van der Waals surface area contributed by atoms with Gasteiger partial charge in [-0.1, -0.05) is 0 Å². The fourth-order valence-corrected chi connectivity index (χ4v) is 1.81. The highest BCUT2D eigenvalue weighted by Gasteiger charge is 2.16. The van der Waals surface area contributed by atoms with Crippen LogP contribution in [0.3, 0.4) is 0 Å². The van der Waals surface area contributed by atoms with E-state index in [1.54, 1.807) is 12.3 Å². The third kappa shape index (κ3) is 1.51. The van der Waals surface area contributed by atoms with E-state index in [2.05, 4.69) is 20.2 Å². The van der Waals surface area contributed by atoms with Gasteiger partial charge in [0.15, 0.2) is 0 Å². The van der Waals surface area contributed by atoms with Crippen LogP contribution in [0.1, 0.15) is 10.4 Å². The molecule has 0 unspecified atom stereocenters. The molecule has 0 atom stereocenters. The van der Waals surface area contributed by atoms with E-state index in [-0.39, 0.29) is 5.56 Å². The third-order valence-electron chi connectivity index (χ3n) is 2.63. The van der Waals surface area contributed by atoms with Crippen molar-refractivity contribution < 1.29 is 9.90 Å². The first-order valence-corrected chi connectivity index (χ1v) is 5.24. The molecule has 3 heterocycles. The minimum Gasteiger partial charge on any atom is -0.478 e. The smallest absolute Gasteiger partial charge is 0.336 e. The maximum absolute atomic E-state index is 11.2. The van der Waals surface area contributed by atoms with Crippen LogP contribution in [0.4, 0.5) is 0 Å². The summed E-state index contributed by atoms with van der Waals surface area (Å²) < 4.78 is 0. The Labute approximate surface area is 101 Å². The van der Waals surface area contributed by atoms with Crippen molar-refractivity contribution in [3.05, 3.63) is 42.4 Å². The molecule has 0 saturated carbocycles. The van der Waals surface area contributed by atoms with Gasteiger partial charge in [-0.25, -0.2) is 4.79 Å². The molecule has 6 nitrogen and oxygen atoms in total.